The Morgan fingerprint density at radius 2 is 1.91 bits per heavy atom. The first kappa shape index (κ1) is 9.05. The zero-order valence-electron chi connectivity index (χ0n) is 8.14. The predicted octanol–water partition coefficient (Wildman–Crippen LogP) is 2.52. The lowest BCUT2D eigenvalue weighted by molar-refractivity contribution is 0.195. The molecule has 0 spiro atoms. The van der Waals surface area contributed by atoms with Crippen LogP contribution < -0.4 is 0 Å². The molecule has 1 saturated heterocycles. The molecule has 0 N–H and O–H groups in total. The van der Waals surface area contributed by atoms with Crippen LogP contribution in [-0.4, -0.2) is 24.5 Å². The van der Waals surface area contributed by atoms with Crippen molar-refractivity contribution in [2.75, 3.05) is 13.6 Å². The van der Waals surface area contributed by atoms with Crippen LogP contribution in [0.4, 0.5) is 0 Å². The van der Waals surface area contributed by atoms with Gasteiger partial charge in [0, 0.05) is 6.04 Å². The molecule has 0 radical (unpaired) electrons. The molecule has 0 saturated carbocycles. The zero-order chi connectivity index (χ0) is 8.27. The molecule has 66 valence electrons. The largest absolute Gasteiger partial charge is 0.303 e. The van der Waals surface area contributed by atoms with Gasteiger partial charge in [0.1, 0.15) is 0 Å². The Morgan fingerprint density at radius 3 is 2.55 bits per heavy atom. The molecule has 1 atom stereocenters. The molecule has 0 aromatic carbocycles. The van der Waals surface area contributed by atoms with Crippen molar-refractivity contribution >= 4 is 0 Å². The molecule has 0 aromatic rings. The second kappa shape index (κ2) is 4.10. The Morgan fingerprint density at radius 1 is 1.18 bits per heavy atom. The third-order valence-electron chi connectivity index (χ3n) is 2.85. The maximum absolute atomic E-state index is 2.54. The van der Waals surface area contributed by atoms with Crippen molar-refractivity contribution in [3.8, 4) is 0 Å². The highest BCUT2D eigenvalue weighted by atomic mass is 15.1. The van der Waals surface area contributed by atoms with Crippen LogP contribution >= 0.6 is 0 Å². The van der Waals surface area contributed by atoms with Crippen LogP contribution in [0.25, 0.3) is 0 Å². The first-order valence-corrected chi connectivity index (χ1v) is 4.92. The third kappa shape index (κ3) is 2.48. The summed E-state index contributed by atoms with van der Waals surface area (Å²) in [4.78, 5) is 2.54. The van der Waals surface area contributed by atoms with Gasteiger partial charge < -0.3 is 4.90 Å². The molecule has 1 heteroatoms. The van der Waals surface area contributed by atoms with Crippen LogP contribution in [0.3, 0.4) is 0 Å². The Bertz CT molecular complexity index is 109. The maximum atomic E-state index is 2.54. The number of nitrogens with zero attached hydrogens (tertiary/aromatic N) is 1. The lowest BCUT2D eigenvalue weighted by atomic mass is 9.99. The SMILES string of the molecule is CC(C)C1CCCCCN1C. The predicted molar refractivity (Wildman–Crippen MR) is 49.7 cm³/mol. The fourth-order valence-electron chi connectivity index (χ4n) is 2.12. The fourth-order valence-corrected chi connectivity index (χ4v) is 2.12. The van der Waals surface area contributed by atoms with Gasteiger partial charge in [-0.2, -0.15) is 0 Å². The van der Waals surface area contributed by atoms with Gasteiger partial charge in [-0.05, 0) is 32.4 Å². The summed E-state index contributed by atoms with van der Waals surface area (Å²) in [6.07, 6.45) is 5.69. The lowest BCUT2D eigenvalue weighted by Gasteiger charge is -2.28. The van der Waals surface area contributed by atoms with Gasteiger partial charge in [0.2, 0.25) is 0 Å². The van der Waals surface area contributed by atoms with Crippen molar-refractivity contribution in [2.45, 2.75) is 45.6 Å². The van der Waals surface area contributed by atoms with Crippen molar-refractivity contribution in [1.29, 1.82) is 0 Å². The summed E-state index contributed by atoms with van der Waals surface area (Å²) in [5.41, 5.74) is 0. The average molecular weight is 155 g/mol. The molecule has 0 aromatic heterocycles. The normalized spacial score (nSPS) is 28.9. The Hall–Kier alpha value is -0.0400. The molecule has 1 unspecified atom stereocenters. The van der Waals surface area contributed by atoms with E-state index < -0.39 is 0 Å². The molecule has 0 aliphatic carbocycles. The maximum Gasteiger partial charge on any atom is 0.0115 e. The van der Waals surface area contributed by atoms with E-state index in [1.165, 1.54) is 32.2 Å². The Labute approximate surface area is 70.8 Å². The molecule has 1 aliphatic heterocycles. The fraction of sp³-hybridized carbons (Fsp3) is 1.00. The number of hydrogen-bond donors (Lipinski definition) is 0. The van der Waals surface area contributed by atoms with E-state index >= 15 is 0 Å². The molecule has 1 aliphatic rings. The number of likely N-dealkylation sites (tertiary alicyclic amines) is 1. The van der Waals surface area contributed by atoms with Crippen molar-refractivity contribution in [3.05, 3.63) is 0 Å². The van der Waals surface area contributed by atoms with Gasteiger partial charge in [0.15, 0.2) is 0 Å². The first-order valence-electron chi connectivity index (χ1n) is 4.92. The monoisotopic (exact) mass is 155 g/mol. The van der Waals surface area contributed by atoms with Gasteiger partial charge in [-0.15, -0.1) is 0 Å². The minimum absolute atomic E-state index is 0.832. The topological polar surface area (TPSA) is 3.24 Å². The minimum Gasteiger partial charge on any atom is -0.303 e. The van der Waals surface area contributed by atoms with Crippen LogP contribution in [0.2, 0.25) is 0 Å². The summed E-state index contributed by atoms with van der Waals surface area (Å²) in [5.74, 6) is 0.832. The number of rotatable bonds is 1. The van der Waals surface area contributed by atoms with Crippen LogP contribution in [-0.2, 0) is 0 Å². The summed E-state index contributed by atoms with van der Waals surface area (Å²) in [6, 6.07) is 0.845. The van der Waals surface area contributed by atoms with E-state index in [2.05, 4.69) is 25.8 Å². The van der Waals surface area contributed by atoms with E-state index in [-0.39, 0.29) is 0 Å². The molecule has 1 fully saturated rings. The highest BCUT2D eigenvalue weighted by molar-refractivity contribution is 4.74. The standard InChI is InChI=1S/C10H21N/c1-9(2)10-7-5-4-6-8-11(10)3/h9-10H,4-8H2,1-3H3. The van der Waals surface area contributed by atoms with Crippen LogP contribution in [0.15, 0.2) is 0 Å². The molecule has 1 heterocycles. The van der Waals surface area contributed by atoms with Crippen molar-refractivity contribution in [1.82, 2.24) is 4.90 Å². The van der Waals surface area contributed by atoms with E-state index in [9.17, 15) is 0 Å². The summed E-state index contributed by atoms with van der Waals surface area (Å²) in [7, 11) is 2.27. The minimum atomic E-state index is 0.832. The van der Waals surface area contributed by atoms with Crippen molar-refractivity contribution in [3.63, 3.8) is 0 Å². The van der Waals surface area contributed by atoms with Gasteiger partial charge in [-0.25, -0.2) is 0 Å². The quantitative estimate of drug-likeness (QED) is 0.562. The Balaban J connectivity index is 2.45. The molecule has 0 bridgehead atoms. The second-order valence-electron chi connectivity index (χ2n) is 4.14. The highest BCUT2D eigenvalue weighted by Gasteiger charge is 2.19. The first-order chi connectivity index (χ1) is 5.22. The summed E-state index contributed by atoms with van der Waals surface area (Å²) >= 11 is 0. The smallest absolute Gasteiger partial charge is 0.0115 e. The summed E-state index contributed by atoms with van der Waals surface area (Å²) in [6.45, 7) is 5.99. The molecule has 1 nitrogen and oxygen atoms in total. The molecular weight excluding hydrogens is 134 g/mol. The highest BCUT2D eigenvalue weighted by Crippen LogP contribution is 2.20. The van der Waals surface area contributed by atoms with E-state index in [1.807, 2.05) is 0 Å². The van der Waals surface area contributed by atoms with E-state index in [1.54, 1.807) is 0 Å². The molecule has 1 rings (SSSR count). The van der Waals surface area contributed by atoms with Gasteiger partial charge >= 0.3 is 0 Å². The van der Waals surface area contributed by atoms with E-state index in [0.717, 1.165) is 12.0 Å². The second-order valence-corrected chi connectivity index (χ2v) is 4.14. The van der Waals surface area contributed by atoms with E-state index in [0.29, 0.717) is 0 Å². The Kier molecular flexibility index (Phi) is 3.38. The molecule has 0 amide bonds. The third-order valence-corrected chi connectivity index (χ3v) is 2.85. The van der Waals surface area contributed by atoms with Crippen LogP contribution in [0.1, 0.15) is 39.5 Å². The van der Waals surface area contributed by atoms with E-state index in [4.69, 9.17) is 0 Å². The lowest BCUT2D eigenvalue weighted by Crippen LogP contribution is -2.35. The van der Waals surface area contributed by atoms with Crippen molar-refractivity contribution < 1.29 is 0 Å². The van der Waals surface area contributed by atoms with Gasteiger partial charge in [-0.3, -0.25) is 0 Å². The summed E-state index contributed by atoms with van der Waals surface area (Å²) < 4.78 is 0. The van der Waals surface area contributed by atoms with Gasteiger partial charge in [0.05, 0.1) is 0 Å². The van der Waals surface area contributed by atoms with Gasteiger partial charge in [0.25, 0.3) is 0 Å². The summed E-state index contributed by atoms with van der Waals surface area (Å²) in [5, 5.41) is 0. The zero-order valence-corrected chi connectivity index (χ0v) is 8.14. The van der Waals surface area contributed by atoms with Crippen LogP contribution in [0.5, 0.6) is 0 Å². The molecule has 11 heavy (non-hydrogen) atoms. The van der Waals surface area contributed by atoms with Crippen LogP contribution in [0, 0.1) is 5.92 Å². The van der Waals surface area contributed by atoms with Crippen molar-refractivity contribution in [2.24, 2.45) is 5.92 Å². The average Bonchev–Trinajstić information content (AvgIpc) is 2.13. The molecular formula is C10H21N. The number of hydrogen-bond acceptors (Lipinski definition) is 1. The van der Waals surface area contributed by atoms with Gasteiger partial charge in [-0.1, -0.05) is 26.7 Å².